The van der Waals surface area contributed by atoms with Crippen molar-refractivity contribution in [3.8, 4) is 17.2 Å². The van der Waals surface area contributed by atoms with Crippen molar-refractivity contribution in [1.29, 1.82) is 0 Å². The monoisotopic (exact) mass is 227 g/mol. The van der Waals surface area contributed by atoms with Crippen LogP contribution in [0.25, 0.3) is 0 Å². The SMILES string of the molecule is CC.CCNC(=O)c1cc(O)c(O)c(O)c1. The standard InChI is InChI=1S/C9H11NO4.C2H6/c1-2-10-9(14)5-3-6(11)8(13)7(12)4-5;1-2/h3-4,11-13H,2H2,1H3,(H,10,14);1-2H3. The van der Waals surface area contributed by atoms with Crippen molar-refractivity contribution in [2.75, 3.05) is 6.54 Å². The lowest BCUT2D eigenvalue weighted by Crippen LogP contribution is -2.22. The van der Waals surface area contributed by atoms with Crippen molar-refractivity contribution in [3.63, 3.8) is 0 Å². The van der Waals surface area contributed by atoms with Crippen LogP contribution in [0.5, 0.6) is 17.2 Å². The Kier molecular flexibility index (Phi) is 5.77. The van der Waals surface area contributed by atoms with Gasteiger partial charge in [-0.15, -0.1) is 0 Å². The maximum atomic E-state index is 11.2. The minimum absolute atomic E-state index is 0.0969. The third-order valence-corrected chi connectivity index (χ3v) is 1.67. The topological polar surface area (TPSA) is 89.8 Å². The van der Waals surface area contributed by atoms with Crippen LogP contribution in [0, 0.1) is 0 Å². The lowest BCUT2D eigenvalue weighted by atomic mass is 10.1. The summed E-state index contributed by atoms with van der Waals surface area (Å²) in [4.78, 5) is 11.2. The fourth-order valence-electron chi connectivity index (χ4n) is 0.998. The molecule has 0 unspecified atom stereocenters. The lowest BCUT2D eigenvalue weighted by Gasteiger charge is -2.05. The molecule has 16 heavy (non-hydrogen) atoms. The molecule has 4 N–H and O–H groups in total. The van der Waals surface area contributed by atoms with E-state index in [9.17, 15) is 4.79 Å². The molecule has 5 nitrogen and oxygen atoms in total. The first-order chi connectivity index (χ1) is 7.56. The summed E-state index contributed by atoms with van der Waals surface area (Å²) in [6.07, 6.45) is 0. The summed E-state index contributed by atoms with van der Waals surface area (Å²) in [5.74, 6) is -2.09. The van der Waals surface area contributed by atoms with E-state index in [0.29, 0.717) is 6.54 Å². The molecule has 1 amide bonds. The Morgan fingerprint density at radius 2 is 1.62 bits per heavy atom. The zero-order valence-corrected chi connectivity index (χ0v) is 9.61. The van der Waals surface area contributed by atoms with Gasteiger partial charge in [0.05, 0.1) is 0 Å². The minimum atomic E-state index is -0.627. The molecular formula is C11H17NO4. The second-order valence-electron chi connectivity index (χ2n) is 2.72. The maximum Gasteiger partial charge on any atom is 0.251 e. The number of rotatable bonds is 2. The highest BCUT2D eigenvalue weighted by molar-refractivity contribution is 5.95. The Hall–Kier alpha value is -1.91. The molecule has 1 rings (SSSR count). The van der Waals surface area contributed by atoms with Crippen molar-refractivity contribution in [1.82, 2.24) is 5.32 Å². The van der Waals surface area contributed by atoms with Crippen LogP contribution in [0.2, 0.25) is 0 Å². The third kappa shape index (κ3) is 3.34. The number of aromatic hydroxyl groups is 3. The summed E-state index contributed by atoms with van der Waals surface area (Å²) in [5.41, 5.74) is 0.0969. The molecule has 0 aromatic heterocycles. The predicted octanol–water partition coefficient (Wildman–Crippen LogP) is 1.58. The molecule has 0 saturated carbocycles. The fourth-order valence-corrected chi connectivity index (χ4v) is 0.998. The van der Waals surface area contributed by atoms with Gasteiger partial charge in [0.25, 0.3) is 5.91 Å². The lowest BCUT2D eigenvalue weighted by molar-refractivity contribution is 0.0955. The number of nitrogens with one attached hydrogen (secondary N) is 1. The summed E-state index contributed by atoms with van der Waals surface area (Å²) >= 11 is 0. The molecule has 0 heterocycles. The number of carbonyl (C=O) groups excluding carboxylic acids is 1. The molecule has 0 spiro atoms. The van der Waals surface area contributed by atoms with Crippen LogP contribution in [0.15, 0.2) is 12.1 Å². The number of phenolic OH excluding ortho intramolecular Hbond substituents is 3. The van der Waals surface area contributed by atoms with Crippen LogP contribution in [0.1, 0.15) is 31.1 Å². The van der Waals surface area contributed by atoms with Gasteiger partial charge in [0.15, 0.2) is 17.2 Å². The molecule has 90 valence electrons. The van der Waals surface area contributed by atoms with Gasteiger partial charge in [-0.3, -0.25) is 4.79 Å². The third-order valence-electron chi connectivity index (χ3n) is 1.67. The molecule has 0 radical (unpaired) electrons. The van der Waals surface area contributed by atoms with E-state index in [2.05, 4.69) is 5.32 Å². The van der Waals surface area contributed by atoms with Gasteiger partial charge >= 0.3 is 0 Å². The molecule has 0 saturated heterocycles. The van der Waals surface area contributed by atoms with Crippen LogP contribution in [-0.4, -0.2) is 27.8 Å². The van der Waals surface area contributed by atoms with E-state index in [-0.39, 0.29) is 5.56 Å². The van der Waals surface area contributed by atoms with Gasteiger partial charge < -0.3 is 20.6 Å². The zero-order valence-electron chi connectivity index (χ0n) is 9.61. The number of amides is 1. The Morgan fingerprint density at radius 3 is 2.00 bits per heavy atom. The average molecular weight is 227 g/mol. The van der Waals surface area contributed by atoms with E-state index in [1.807, 2.05) is 13.8 Å². The van der Waals surface area contributed by atoms with E-state index < -0.39 is 23.2 Å². The average Bonchev–Trinajstić information content (AvgIpc) is 2.28. The van der Waals surface area contributed by atoms with Crippen LogP contribution in [0.4, 0.5) is 0 Å². The Bertz CT molecular complexity index is 340. The molecule has 0 atom stereocenters. The number of carbonyl (C=O) groups is 1. The van der Waals surface area contributed by atoms with Crippen molar-refractivity contribution in [2.45, 2.75) is 20.8 Å². The Balaban J connectivity index is 0.00000106. The van der Waals surface area contributed by atoms with Crippen LogP contribution in [0.3, 0.4) is 0 Å². The Labute approximate surface area is 94.4 Å². The highest BCUT2D eigenvalue weighted by Crippen LogP contribution is 2.35. The number of benzene rings is 1. The molecule has 0 aliphatic heterocycles. The van der Waals surface area contributed by atoms with Crippen molar-refractivity contribution in [3.05, 3.63) is 17.7 Å². The van der Waals surface area contributed by atoms with Crippen molar-refractivity contribution < 1.29 is 20.1 Å². The fraction of sp³-hybridized carbons (Fsp3) is 0.364. The van der Waals surface area contributed by atoms with Crippen molar-refractivity contribution >= 4 is 5.91 Å². The van der Waals surface area contributed by atoms with E-state index in [1.54, 1.807) is 6.92 Å². The number of hydrogen-bond donors (Lipinski definition) is 4. The van der Waals surface area contributed by atoms with Gasteiger partial charge in [-0.05, 0) is 19.1 Å². The molecular weight excluding hydrogens is 210 g/mol. The predicted molar refractivity (Wildman–Crippen MR) is 60.8 cm³/mol. The largest absolute Gasteiger partial charge is 0.504 e. The van der Waals surface area contributed by atoms with Gasteiger partial charge in [-0.25, -0.2) is 0 Å². The van der Waals surface area contributed by atoms with E-state index in [0.717, 1.165) is 12.1 Å². The summed E-state index contributed by atoms with van der Waals surface area (Å²) in [6.45, 7) is 6.19. The minimum Gasteiger partial charge on any atom is -0.504 e. The van der Waals surface area contributed by atoms with Gasteiger partial charge in [-0.1, -0.05) is 13.8 Å². The Morgan fingerprint density at radius 1 is 1.19 bits per heavy atom. The van der Waals surface area contributed by atoms with Crippen LogP contribution < -0.4 is 5.32 Å². The normalized spacial score (nSPS) is 8.94. The smallest absolute Gasteiger partial charge is 0.251 e. The van der Waals surface area contributed by atoms with Crippen molar-refractivity contribution in [2.24, 2.45) is 0 Å². The highest BCUT2D eigenvalue weighted by Gasteiger charge is 2.12. The summed E-state index contributed by atoms with van der Waals surface area (Å²) in [6, 6.07) is 2.17. The van der Waals surface area contributed by atoms with Gasteiger partial charge in [-0.2, -0.15) is 0 Å². The van der Waals surface area contributed by atoms with Gasteiger partial charge in [0, 0.05) is 12.1 Å². The maximum absolute atomic E-state index is 11.2. The summed E-state index contributed by atoms with van der Waals surface area (Å²) in [5, 5.41) is 29.7. The molecule has 1 aromatic rings. The first-order valence-electron chi connectivity index (χ1n) is 5.09. The van der Waals surface area contributed by atoms with Crippen LogP contribution >= 0.6 is 0 Å². The van der Waals surface area contributed by atoms with Gasteiger partial charge in [0.2, 0.25) is 0 Å². The van der Waals surface area contributed by atoms with Crippen LogP contribution in [-0.2, 0) is 0 Å². The summed E-state index contributed by atoms with van der Waals surface area (Å²) in [7, 11) is 0. The van der Waals surface area contributed by atoms with Gasteiger partial charge in [0.1, 0.15) is 0 Å². The number of phenols is 3. The first-order valence-corrected chi connectivity index (χ1v) is 5.09. The second kappa shape index (κ2) is 6.55. The molecule has 1 aromatic carbocycles. The first kappa shape index (κ1) is 14.1. The molecule has 0 fully saturated rings. The summed E-state index contributed by atoms with van der Waals surface area (Å²) < 4.78 is 0. The van der Waals surface area contributed by atoms with E-state index in [4.69, 9.17) is 15.3 Å². The quantitative estimate of drug-likeness (QED) is 0.577. The van der Waals surface area contributed by atoms with E-state index in [1.165, 1.54) is 0 Å². The molecule has 0 aliphatic carbocycles. The zero-order chi connectivity index (χ0) is 12.7. The number of hydrogen-bond acceptors (Lipinski definition) is 4. The highest BCUT2D eigenvalue weighted by atomic mass is 16.3. The molecule has 0 bridgehead atoms. The molecule has 5 heteroatoms. The second-order valence-corrected chi connectivity index (χ2v) is 2.72. The molecule has 0 aliphatic rings. The van der Waals surface area contributed by atoms with E-state index >= 15 is 0 Å².